The van der Waals surface area contributed by atoms with Crippen LogP contribution in [0.15, 0.2) is 33.0 Å². The molecule has 2 aromatic rings. The SMILES string of the molecule is CCCC(CCCC(C)CC)N1CCC(N2CC(CC)=Cc3c(C(=O)NCc4c(C)cc(C)[nH]c4=O)cc(Br)cc32)CC1. The van der Waals surface area contributed by atoms with Crippen molar-refractivity contribution in [3.8, 4) is 0 Å². The van der Waals surface area contributed by atoms with Crippen LogP contribution in [0.5, 0.6) is 0 Å². The third-order valence-corrected chi connectivity index (χ3v) is 10.2. The molecule has 0 saturated carbocycles. The number of hydrogen-bond donors (Lipinski definition) is 2. The fourth-order valence-electron chi connectivity index (χ4n) is 6.95. The minimum absolute atomic E-state index is 0.142. The highest BCUT2D eigenvalue weighted by Gasteiger charge is 2.32. The zero-order valence-electron chi connectivity index (χ0n) is 27.3. The molecule has 0 radical (unpaired) electrons. The number of aromatic nitrogens is 1. The molecule has 4 rings (SSSR count). The number of hydrogen-bond acceptors (Lipinski definition) is 4. The third-order valence-electron chi connectivity index (χ3n) is 9.78. The Morgan fingerprint density at radius 1 is 1.09 bits per heavy atom. The number of halogens is 1. The van der Waals surface area contributed by atoms with Gasteiger partial charge in [-0.3, -0.25) is 9.59 Å². The third kappa shape index (κ3) is 8.42. The molecule has 236 valence electrons. The van der Waals surface area contributed by atoms with Gasteiger partial charge in [0.1, 0.15) is 0 Å². The maximum atomic E-state index is 13.6. The molecule has 0 spiro atoms. The van der Waals surface area contributed by atoms with Gasteiger partial charge in [-0.2, -0.15) is 0 Å². The summed E-state index contributed by atoms with van der Waals surface area (Å²) in [5.41, 5.74) is 6.31. The van der Waals surface area contributed by atoms with Gasteiger partial charge in [0.25, 0.3) is 11.5 Å². The topological polar surface area (TPSA) is 68.4 Å². The Morgan fingerprint density at radius 2 is 1.84 bits per heavy atom. The Kier molecular flexibility index (Phi) is 12.1. The largest absolute Gasteiger partial charge is 0.364 e. The highest BCUT2D eigenvalue weighted by atomic mass is 79.9. The number of aromatic amines is 1. The summed E-state index contributed by atoms with van der Waals surface area (Å²) in [6.07, 6.45) is 13.3. The van der Waals surface area contributed by atoms with E-state index in [9.17, 15) is 9.59 Å². The average Bonchev–Trinajstić information content (AvgIpc) is 2.99. The van der Waals surface area contributed by atoms with Crippen LogP contribution in [0.1, 0.15) is 118 Å². The molecule has 0 bridgehead atoms. The first-order valence-electron chi connectivity index (χ1n) is 16.7. The molecule has 1 aromatic carbocycles. The Hall–Kier alpha value is -2.38. The van der Waals surface area contributed by atoms with Crippen molar-refractivity contribution in [2.24, 2.45) is 5.92 Å². The molecule has 2 N–H and O–H groups in total. The summed E-state index contributed by atoms with van der Waals surface area (Å²) in [5.74, 6) is 0.675. The van der Waals surface area contributed by atoms with Gasteiger partial charge in [0.05, 0.1) is 0 Å². The van der Waals surface area contributed by atoms with Gasteiger partial charge in [-0.15, -0.1) is 0 Å². The second-order valence-corrected chi connectivity index (χ2v) is 13.9. The normalized spacial score (nSPS) is 17.4. The van der Waals surface area contributed by atoms with E-state index in [1.165, 1.54) is 44.1 Å². The van der Waals surface area contributed by atoms with Crippen LogP contribution >= 0.6 is 15.9 Å². The lowest BCUT2D eigenvalue weighted by atomic mass is 9.91. The van der Waals surface area contributed by atoms with Crippen molar-refractivity contribution in [3.63, 3.8) is 0 Å². The molecule has 7 heteroatoms. The van der Waals surface area contributed by atoms with E-state index in [2.05, 4.69) is 75.9 Å². The van der Waals surface area contributed by atoms with Crippen LogP contribution in [0.3, 0.4) is 0 Å². The number of fused-ring (bicyclic) bond motifs is 1. The molecule has 1 amide bonds. The molecule has 6 nitrogen and oxygen atoms in total. The van der Waals surface area contributed by atoms with E-state index in [1.54, 1.807) is 0 Å². The first kappa shape index (κ1) is 33.5. The number of amides is 1. The van der Waals surface area contributed by atoms with Crippen LogP contribution in [0.4, 0.5) is 5.69 Å². The van der Waals surface area contributed by atoms with Gasteiger partial charge in [0.15, 0.2) is 0 Å². The Labute approximate surface area is 267 Å². The monoisotopic (exact) mass is 652 g/mol. The number of aryl methyl sites for hydroxylation is 2. The lowest BCUT2D eigenvalue weighted by Crippen LogP contribution is -2.49. The second-order valence-electron chi connectivity index (χ2n) is 12.9. The van der Waals surface area contributed by atoms with Crippen molar-refractivity contribution in [1.29, 1.82) is 0 Å². The van der Waals surface area contributed by atoms with Crippen LogP contribution in [-0.2, 0) is 6.54 Å². The fraction of sp³-hybridized carbons (Fsp3) is 0.611. The first-order chi connectivity index (χ1) is 20.6. The highest BCUT2D eigenvalue weighted by Crippen LogP contribution is 2.38. The standard InChI is InChI=1S/C36H53BrN4O2/c1-7-11-29(13-10-12-24(4)8-2)40-16-14-30(15-17-40)41-23-27(9-3)19-31-32(20-28(37)21-34(31)41)35(42)38-22-33-25(5)18-26(6)39-36(33)43/h18-21,24,29-30H,7-17,22-23H2,1-6H3,(H,38,42)(H,39,43). The minimum atomic E-state index is -0.153. The molecule has 2 aliphatic heterocycles. The molecule has 1 saturated heterocycles. The number of pyridine rings is 1. The number of H-pyrrole nitrogens is 1. The van der Waals surface area contributed by atoms with E-state index < -0.39 is 0 Å². The lowest BCUT2D eigenvalue weighted by Gasteiger charge is -2.44. The average molecular weight is 654 g/mol. The van der Waals surface area contributed by atoms with Crippen molar-refractivity contribution in [2.45, 2.75) is 118 Å². The summed E-state index contributed by atoms with van der Waals surface area (Å²) in [7, 11) is 0. The van der Waals surface area contributed by atoms with Gasteiger partial charge in [-0.25, -0.2) is 0 Å². The van der Waals surface area contributed by atoms with Crippen molar-refractivity contribution in [1.82, 2.24) is 15.2 Å². The summed E-state index contributed by atoms with van der Waals surface area (Å²) in [6.45, 7) is 16.4. The number of benzene rings is 1. The number of nitrogens with zero attached hydrogens (tertiary/aromatic N) is 2. The van der Waals surface area contributed by atoms with Gasteiger partial charge in [-0.1, -0.05) is 81.0 Å². The summed E-state index contributed by atoms with van der Waals surface area (Å²) < 4.78 is 0.904. The van der Waals surface area contributed by atoms with Crippen molar-refractivity contribution in [2.75, 3.05) is 24.5 Å². The quantitative estimate of drug-likeness (QED) is 0.229. The molecule has 1 aromatic heterocycles. The number of carbonyl (C=O) groups is 1. The number of carbonyl (C=O) groups excluding carboxylic acids is 1. The maximum Gasteiger partial charge on any atom is 0.253 e. The first-order valence-corrected chi connectivity index (χ1v) is 17.5. The Bertz CT molecular complexity index is 1340. The van der Waals surface area contributed by atoms with E-state index in [0.717, 1.165) is 71.8 Å². The van der Waals surface area contributed by atoms with Crippen molar-refractivity contribution < 1.29 is 4.79 Å². The molecule has 43 heavy (non-hydrogen) atoms. The van der Waals surface area contributed by atoms with E-state index in [4.69, 9.17) is 0 Å². The molecule has 2 aliphatic rings. The number of likely N-dealkylation sites (tertiary alicyclic amines) is 1. The van der Waals surface area contributed by atoms with Gasteiger partial charge in [0.2, 0.25) is 0 Å². The van der Waals surface area contributed by atoms with E-state index in [1.807, 2.05) is 26.0 Å². The second kappa shape index (κ2) is 15.6. The highest BCUT2D eigenvalue weighted by molar-refractivity contribution is 9.10. The van der Waals surface area contributed by atoms with E-state index in [0.29, 0.717) is 23.2 Å². The number of anilines is 1. The van der Waals surface area contributed by atoms with Crippen LogP contribution in [0, 0.1) is 19.8 Å². The van der Waals surface area contributed by atoms with E-state index >= 15 is 0 Å². The maximum absolute atomic E-state index is 13.6. The number of rotatable bonds is 13. The molecule has 2 atom stereocenters. The number of piperidine rings is 1. The Morgan fingerprint density at radius 3 is 2.49 bits per heavy atom. The number of nitrogens with one attached hydrogen (secondary N) is 2. The van der Waals surface area contributed by atoms with Gasteiger partial charge in [-0.05, 0) is 75.6 Å². The molecular weight excluding hydrogens is 600 g/mol. The van der Waals surface area contributed by atoms with Crippen LogP contribution in [-0.4, -0.2) is 47.5 Å². The fourth-order valence-corrected chi connectivity index (χ4v) is 7.40. The molecular formula is C36H53BrN4O2. The molecule has 2 unspecified atom stereocenters. The van der Waals surface area contributed by atoms with Crippen molar-refractivity contribution in [3.05, 3.63) is 66.5 Å². The smallest absolute Gasteiger partial charge is 0.253 e. The van der Waals surface area contributed by atoms with Crippen LogP contribution < -0.4 is 15.8 Å². The zero-order valence-corrected chi connectivity index (χ0v) is 28.9. The minimum Gasteiger partial charge on any atom is -0.364 e. The molecule has 0 aliphatic carbocycles. The predicted molar refractivity (Wildman–Crippen MR) is 184 cm³/mol. The molecule has 1 fully saturated rings. The van der Waals surface area contributed by atoms with Crippen LogP contribution in [0.2, 0.25) is 0 Å². The van der Waals surface area contributed by atoms with Crippen LogP contribution in [0.25, 0.3) is 6.08 Å². The zero-order chi connectivity index (χ0) is 31.1. The summed E-state index contributed by atoms with van der Waals surface area (Å²) in [5, 5.41) is 3.04. The van der Waals surface area contributed by atoms with Gasteiger partial charge < -0.3 is 20.1 Å². The van der Waals surface area contributed by atoms with Gasteiger partial charge in [0, 0.05) is 70.8 Å². The Balaban J connectivity index is 1.50. The van der Waals surface area contributed by atoms with Gasteiger partial charge >= 0.3 is 0 Å². The predicted octanol–water partition coefficient (Wildman–Crippen LogP) is 8.15. The summed E-state index contributed by atoms with van der Waals surface area (Å²) in [6, 6.07) is 7.20. The molecule has 3 heterocycles. The van der Waals surface area contributed by atoms with Crippen molar-refractivity contribution >= 4 is 33.6 Å². The summed E-state index contributed by atoms with van der Waals surface area (Å²) >= 11 is 3.72. The summed E-state index contributed by atoms with van der Waals surface area (Å²) in [4.78, 5) is 34.4. The lowest BCUT2D eigenvalue weighted by molar-refractivity contribution is 0.0950. The van der Waals surface area contributed by atoms with E-state index in [-0.39, 0.29) is 18.0 Å².